The lowest BCUT2D eigenvalue weighted by atomic mass is 9.83. The van der Waals surface area contributed by atoms with E-state index in [1.165, 1.54) is 25.0 Å². The number of rotatable bonds is 4. The van der Waals surface area contributed by atoms with Crippen molar-refractivity contribution in [3.63, 3.8) is 0 Å². The number of hydrogen-bond donors (Lipinski definition) is 0. The molecule has 2 aliphatic heterocycles. The molecule has 0 unspecified atom stereocenters. The Kier molecular flexibility index (Phi) is 5.08. The summed E-state index contributed by atoms with van der Waals surface area (Å²) < 4.78 is 5.49. The molecule has 3 fully saturated rings. The van der Waals surface area contributed by atoms with Gasteiger partial charge in [-0.1, -0.05) is 6.42 Å². The second-order valence-electron chi connectivity index (χ2n) is 8.09. The lowest BCUT2D eigenvalue weighted by Crippen LogP contribution is -2.47. The van der Waals surface area contributed by atoms with Gasteiger partial charge in [-0.3, -0.25) is 0 Å². The molecule has 148 valence electrons. The van der Waals surface area contributed by atoms with Crippen LogP contribution < -0.4 is 9.80 Å². The maximum atomic E-state index is 5.49. The first kappa shape index (κ1) is 17.8. The average Bonchev–Trinajstić information content (AvgIpc) is 2.74. The van der Waals surface area contributed by atoms with Crippen LogP contribution in [-0.4, -0.2) is 59.3 Å². The zero-order valence-corrected chi connectivity index (χ0v) is 16.3. The number of piperazine rings is 1. The molecule has 7 nitrogen and oxygen atoms in total. The lowest BCUT2D eigenvalue weighted by molar-refractivity contribution is 0.0845. The predicted molar refractivity (Wildman–Crippen MR) is 108 cm³/mol. The average molecular weight is 380 g/mol. The molecule has 3 aliphatic rings. The number of ether oxygens (including phenoxy) is 1. The van der Waals surface area contributed by atoms with Crippen molar-refractivity contribution in [2.45, 2.75) is 43.9 Å². The van der Waals surface area contributed by atoms with Crippen molar-refractivity contribution in [1.29, 1.82) is 0 Å². The van der Waals surface area contributed by atoms with Crippen molar-refractivity contribution in [3.8, 4) is 0 Å². The van der Waals surface area contributed by atoms with Gasteiger partial charge in [-0.2, -0.15) is 0 Å². The molecule has 2 saturated heterocycles. The zero-order chi connectivity index (χ0) is 18.8. The van der Waals surface area contributed by atoms with Gasteiger partial charge in [0, 0.05) is 74.7 Å². The maximum Gasteiger partial charge on any atom is 0.132 e. The summed E-state index contributed by atoms with van der Waals surface area (Å²) in [5.74, 6) is 3.27. The Balaban J connectivity index is 1.23. The Morgan fingerprint density at radius 3 is 1.64 bits per heavy atom. The molecule has 1 saturated carbocycles. The third kappa shape index (κ3) is 3.68. The highest BCUT2D eigenvalue weighted by atomic mass is 16.5. The van der Waals surface area contributed by atoms with Gasteiger partial charge < -0.3 is 14.5 Å². The quantitative estimate of drug-likeness (QED) is 0.808. The van der Waals surface area contributed by atoms with Crippen molar-refractivity contribution < 1.29 is 4.74 Å². The van der Waals surface area contributed by atoms with Crippen LogP contribution in [0.15, 0.2) is 24.8 Å². The van der Waals surface area contributed by atoms with Crippen LogP contribution in [0.25, 0.3) is 0 Å². The fourth-order valence-corrected chi connectivity index (χ4v) is 4.38. The zero-order valence-electron chi connectivity index (χ0n) is 16.3. The Morgan fingerprint density at radius 2 is 1.18 bits per heavy atom. The molecule has 0 amide bonds. The summed E-state index contributed by atoms with van der Waals surface area (Å²) in [6.07, 6.45) is 9.45. The SMILES string of the molecule is c1nc(C2CCC2)cc(N2CCN(c3cc(C4CCOCC4)ncn3)CC2)n1. The molecule has 5 rings (SSSR count). The Hall–Kier alpha value is -2.28. The normalized spacial score (nSPS) is 21.6. The van der Waals surface area contributed by atoms with Crippen molar-refractivity contribution in [1.82, 2.24) is 19.9 Å². The highest BCUT2D eigenvalue weighted by Crippen LogP contribution is 2.36. The molecule has 7 heteroatoms. The summed E-state index contributed by atoms with van der Waals surface area (Å²) in [5.41, 5.74) is 2.38. The van der Waals surface area contributed by atoms with E-state index in [1.807, 2.05) is 0 Å². The largest absolute Gasteiger partial charge is 0.381 e. The minimum atomic E-state index is 0.503. The van der Waals surface area contributed by atoms with Gasteiger partial charge in [-0.25, -0.2) is 19.9 Å². The highest BCUT2D eigenvalue weighted by Gasteiger charge is 2.24. The van der Waals surface area contributed by atoms with Gasteiger partial charge in [0.05, 0.1) is 0 Å². The van der Waals surface area contributed by atoms with Gasteiger partial charge >= 0.3 is 0 Å². The first-order valence-electron chi connectivity index (χ1n) is 10.6. The molecule has 4 heterocycles. The Labute approximate surface area is 166 Å². The highest BCUT2D eigenvalue weighted by molar-refractivity contribution is 5.46. The first-order chi connectivity index (χ1) is 13.9. The molecular weight excluding hydrogens is 352 g/mol. The minimum Gasteiger partial charge on any atom is -0.381 e. The monoisotopic (exact) mass is 380 g/mol. The fraction of sp³-hybridized carbons (Fsp3) is 0.619. The third-order valence-corrected chi connectivity index (χ3v) is 6.44. The van der Waals surface area contributed by atoms with E-state index >= 15 is 0 Å². The van der Waals surface area contributed by atoms with Crippen LogP contribution >= 0.6 is 0 Å². The van der Waals surface area contributed by atoms with Crippen molar-refractivity contribution >= 4 is 11.6 Å². The van der Waals surface area contributed by atoms with Gasteiger partial charge in [0.25, 0.3) is 0 Å². The first-order valence-corrected chi connectivity index (χ1v) is 10.6. The van der Waals surface area contributed by atoms with Gasteiger partial charge in [0.2, 0.25) is 0 Å². The molecule has 0 bridgehead atoms. The summed E-state index contributed by atoms with van der Waals surface area (Å²) in [6, 6.07) is 4.39. The van der Waals surface area contributed by atoms with Crippen molar-refractivity contribution in [3.05, 3.63) is 36.2 Å². The molecule has 2 aromatic heterocycles. The van der Waals surface area contributed by atoms with Crippen LogP contribution in [0, 0.1) is 0 Å². The number of anilines is 2. The molecule has 0 N–H and O–H groups in total. The molecule has 0 aromatic carbocycles. The van der Waals surface area contributed by atoms with E-state index in [0.29, 0.717) is 11.8 Å². The van der Waals surface area contributed by atoms with E-state index in [4.69, 9.17) is 4.74 Å². The summed E-state index contributed by atoms with van der Waals surface area (Å²) in [7, 11) is 0. The van der Waals surface area contributed by atoms with E-state index in [0.717, 1.165) is 69.6 Å². The minimum absolute atomic E-state index is 0.503. The van der Waals surface area contributed by atoms with Crippen LogP contribution in [0.5, 0.6) is 0 Å². The molecular formula is C21H28N6O. The Morgan fingerprint density at radius 1 is 0.679 bits per heavy atom. The molecule has 1 aliphatic carbocycles. The van der Waals surface area contributed by atoms with E-state index in [9.17, 15) is 0 Å². The lowest BCUT2D eigenvalue weighted by Gasteiger charge is -2.36. The summed E-state index contributed by atoms with van der Waals surface area (Å²) >= 11 is 0. The second-order valence-corrected chi connectivity index (χ2v) is 8.09. The van der Waals surface area contributed by atoms with Crippen LogP contribution in [0.2, 0.25) is 0 Å². The third-order valence-electron chi connectivity index (χ3n) is 6.44. The van der Waals surface area contributed by atoms with Crippen LogP contribution in [-0.2, 0) is 4.74 Å². The summed E-state index contributed by atoms with van der Waals surface area (Å²) in [5, 5.41) is 0. The number of hydrogen-bond acceptors (Lipinski definition) is 7. The summed E-state index contributed by atoms with van der Waals surface area (Å²) in [6.45, 7) is 5.49. The van der Waals surface area contributed by atoms with Gasteiger partial charge in [0.15, 0.2) is 0 Å². The van der Waals surface area contributed by atoms with E-state index < -0.39 is 0 Å². The van der Waals surface area contributed by atoms with Crippen molar-refractivity contribution in [2.24, 2.45) is 0 Å². The number of nitrogens with zero attached hydrogens (tertiary/aromatic N) is 6. The number of aromatic nitrogens is 4. The van der Waals surface area contributed by atoms with E-state index in [-0.39, 0.29) is 0 Å². The molecule has 0 radical (unpaired) electrons. The molecule has 0 atom stereocenters. The van der Waals surface area contributed by atoms with Crippen LogP contribution in [0.4, 0.5) is 11.6 Å². The molecule has 28 heavy (non-hydrogen) atoms. The summed E-state index contributed by atoms with van der Waals surface area (Å²) in [4.78, 5) is 22.9. The predicted octanol–water partition coefficient (Wildman–Crippen LogP) is 2.75. The second kappa shape index (κ2) is 7.99. The van der Waals surface area contributed by atoms with Crippen LogP contribution in [0.1, 0.15) is 55.3 Å². The maximum absolute atomic E-state index is 5.49. The van der Waals surface area contributed by atoms with E-state index in [2.05, 4.69) is 41.9 Å². The van der Waals surface area contributed by atoms with Crippen LogP contribution in [0.3, 0.4) is 0 Å². The molecule has 2 aromatic rings. The molecule has 0 spiro atoms. The smallest absolute Gasteiger partial charge is 0.132 e. The van der Waals surface area contributed by atoms with Gasteiger partial charge in [0.1, 0.15) is 24.3 Å². The van der Waals surface area contributed by atoms with Gasteiger partial charge in [-0.05, 0) is 25.7 Å². The fourth-order valence-electron chi connectivity index (χ4n) is 4.38. The topological polar surface area (TPSA) is 67.3 Å². The standard InChI is InChI=1S/C21H28N6O/c1-2-16(3-1)18-12-20(24-14-22-18)26-6-8-27(9-7-26)21-13-19(23-15-25-21)17-4-10-28-11-5-17/h12-17H,1-11H2. The van der Waals surface area contributed by atoms with Gasteiger partial charge in [-0.15, -0.1) is 0 Å². The van der Waals surface area contributed by atoms with E-state index in [1.54, 1.807) is 12.7 Å². The van der Waals surface area contributed by atoms with Crippen molar-refractivity contribution in [2.75, 3.05) is 49.2 Å². The Bertz CT molecular complexity index is 797.